The second-order valence-corrected chi connectivity index (χ2v) is 7.44. The minimum Gasteiger partial charge on any atom is -0.493 e. The average Bonchev–Trinajstić information content (AvgIpc) is 2.83. The summed E-state index contributed by atoms with van der Waals surface area (Å²) < 4.78 is 22.3. The van der Waals surface area contributed by atoms with E-state index in [1.54, 1.807) is 21.3 Å². The van der Waals surface area contributed by atoms with Crippen LogP contribution in [0, 0.1) is 0 Å². The molecule has 0 bridgehead atoms. The topological polar surface area (TPSA) is 65.9 Å². The number of piperidine rings is 1. The number of aromatic nitrogens is 2. The SMILES string of the molecule is CCOc1cc2nc(-c3ccc(OC)c(OC)c3)nc(N3CCCCC3)c2cc1OC. The van der Waals surface area contributed by atoms with E-state index >= 15 is 0 Å². The molecule has 4 rings (SSSR count). The molecule has 7 heteroatoms. The number of fused-ring (bicyclic) bond motifs is 1. The third kappa shape index (κ3) is 4.17. The van der Waals surface area contributed by atoms with Crippen molar-refractivity contribution in [1.82, 2.24) is 9.97 Å². The van der Waals surface area contributed by atoms with Gasteiger partial charge in [-0.15, -0.1) is 0 Å². The fraction of sp³-hybridized carbons (Fsp3) is 0.417. The average molecular weight is 424 g/mol. The van der Waals surface area contributed by atoms with Gasteiger partial charge in [-0.2, -0.15) is 0 Å². The van der Waals surface area contributed by atoms with E-state index < -0.39 is 0 Å². The summed E-state index contributed by atoms with van der Waals surface area (Å²) in [5, 5.41) is 0.964. The Morgan fingerprint density at radius 3 is 2.19 bits per heavy atom. The first-order chi connectivity index (χ1) is 15.2. The van der Waals surface area contributed by atoms with E-state index in [1.165, 1.54) is 6.42 Å². The lowest BCUT2D eigenvalue weighted by atomic mass is 10.1. The number of hydrogen-bond donors (Lipinski definition) is 0. The van der Waals surface area contributed by atoms with Gasteiger partial charge in [0.1, 0.15) is 5.82 Å². The Balaban J connectivity index is 1.91. The van der Waals surface area contributed by atoms with E-state index in [0.29, 0.717) is 35.4 Å². The molecule has 0 N–H and O–H groups in total. The number of nitrogens with zero attached hydrogens (tertiary/aromatic N) is 3. The molecule has 1 aromatic heterocycles. The molecular formula is C24H29N3O4. The van der Waals surface area contributed by atoms with E-state index in [0.717, 1.165) is 48.2 Å². The van der Waals surface area contributed by atoms with Gasteiger partial charge in [0.15, 0.2) is 28.8 Å². The number of ether oxygens (including phenoxy) is 4. The van der Waals surface area contributed by atoms with E-state index in [4.69, 9.17) is 28.9 Å². The Morgan fingerprint density at radius 2 is 1.52 bits per heavy atom. The number of methoxy groups -OCH3 is 3. The molecule has 0 unspecified atom stereocenters. The molecule has 0 aliphatic carbocycles. The fourth-order valence-electron chi connectivity index (χ4n) is 4.00. The first kappa shape index (κ1) is 21.0. The normalized spacial score (nSPS) is 13.9. The molecule has 0 saturated carbocycles. The van der Waals surface area contributed by atoms with E-state index in [-0.39, 0.29) is 0 Å². The van der Waals surface area contributed by atoms with Gasteiger partial charge >= 0.3 is 0 Å². The van der Waals surface area contributed by atoms with Crippen molar-refractivity contribution in [3.05, 3.63) is 30.3 Å². The predicted molar refractivity (Wildman–Crippen MR) is 122 cm³/mol. The third-order valence-electron chi connectivity index (χ3n) is 5.56. The highest BCUT2D eigenvalue weighted by Crippen LogP contribution is 2.38. The first-order valence-corrected chi connectivity index (χ1v) is 10.7. The highest BCUT2D eigenvalue weighted by atomic mass is 16.5. The molecule has 2 aromatic carbocycles. The van der Waals surface area contributed by atoms with Gasteiger partial charge < -0.3 is 23.8 Å². The number of benzene rings is 2. The van der Waals surface area contributed by atoms with Gasteiger partial charge in [0.05, 0.1) is 33.5 Å². The van der Waals surface area contributed by atoms with Crippen molar-refractivity contribution in [1.29, 1.82) is 0 Å². The lowest BCUT2D eigenvalue weighted by Crippen LogP contribution is -2.30. The van der Waals surface area contributed by atoms with Crippen LogP contribution in [0.25, 0.3) is 22.3 Å². The van der Waals surface area contributed by atoms with Crippen molar-refractivity contribution >= 4 is 16.7 Å². The van der Waals surface area contributed by atoms with Crippen molar-refractivity contribution < 1.29 is 18.9 Å². The van der Waals surface area contributed by atoms with Crippen molar-refractivity contribution in [2.24, 2.45) is 0 Å². The Bertz CT molecular complexity index is 1060. The molecule has 0 amide bonds. The fourth-order valence-corrected chi connectivity index (χ4v) is 4.00. The maximum absolute atomic E-state index is 5.80. The minimum atomic E-state index is 0.550. The molecule has 1 fully saturated rings. The second kappa shape index (κ2) is 9.29. The summed E-state index contributed by atoms with van der Waals surface area (Å²) >= 11 is 0. The number of rotatable bonds is 7. The van der Waals surface area contributed by atoms with Crippen LogP contribution in [0.5, 0.6) is 23.0 Å². The van der Waals surface area contributed by atoms with Crippen LogP contribution in [0.1, 0.15) is 26.2 Å². The summed E-state index contributed by atoms with van der Waals surface area (Å²) in [7, 11) is 4.91. The summed E-state index contributed by atoms with van der Waals surface area (Å²) in [6, 6.07) is 9.67. The van der Waals surface area contributed by atoms with Crippen LogP contribution in [-0.2, 0) is 0 Å². The second-order valence-electron chi connectivity index (χ2n) is 7.44. The van der Waals surface area contributed by atoms with Crippen LogP contribution < -0.4 is 23.8 Å². The van der Waals surface area contributed by atoms with Crippen LogP contribution >= 0.6 is 0 Å². The lowest BCUT2D eigenvalue weighted by molar-refractivity contribution is 0.311. The van der Waals surface area contributed by atoms with Crippen LogP contribution in [-0.4, -0.2) is 51.0 Å². The summed E-state index contributed by atoms with van der Waals surface area (Å²) in [5.74, 6) is 4.26. The van der Waals surface area contributed by atoms with Crippen LogP contribution in [0.3, 0.4) is 0 Å². The molecular weight excluding hydrogens is 394 g/mol. The summed E-state index contributed by atoms with van der Waals surface area (Å²) in [6.45, 7) is 4.46. The summed E-state index contributed by atoms with van der Waals surface area (Å²) in [6.07, 6.45) is 3.57. The van der Waals surface area contributed by atoms with Crippen molar-refractivity contribution in [2.75, 3.05) is 45.9 Å². The minimum absolute atomic E-state index is 0.550. The molecule has 1 aliphatic heterocycles. The van der Waals surface area contributed by atoms with Gasteiger partial charge in [0.25, 0.3) is 0 Å². The van der Waals surface area contributed by atoms with Gasteiger partial charge in [-0.25, -0.2) is 9.97 Å². The Hall–Kier alpha value is -3.22. The Labute approximate surface area is 182 Å². The molecule has 1 saturated heterocycles. The number of hydrogen-bond acceptors (Lipinski definition) is 7. The monoisotopic (exact) mass is 423 g/mol. The van der Waals surface area contributed by atoms with E-state index in [2.05, 4.69) is 4.90 Å². The molecule has 0 spiro atoms. The lowest BCUT2D eigenvalue weighted by Gasteiger charge is -2.29. The Morgan fingerprint density at radius 1 is 0.806 bits per heavy atom. The predicted octanol–water partition coefficient (Wildman–Crippen LogP) is 4.71. The van der Waals surface area contributed by atoms with Gasteiger partial charge in [0.2, 0.25) is 0 Å². The third-order valence-corrected chi connectivity index (χ3v) is 5.56. The molecule has 1 aliphatic rings. The van der Waals surface area contributed by atoms with Crippen molar-refractivity contribution in [3.63, 3.8) is 0 Å². The zero-order chi connectivity index (χ0) is 21.8. The Kier molecular flexibility index (Phi) is 6.30. The molecule has 0 radical (unpaired) electrons. The molecule has 164 valence electrons. The van der Waals surface area contributed by atoms with Crippen LogP contribution in [0.2, 0.25) is 0 Å². The highest BCUT2D eigenvalue weighted by Gasteiger charge is 2.20. The molecule has 7 nitrogen and oxygen atoms in total. The van der Waals surface area contributed by atoms with Crippen LogP contribution in [0.4, 0.5) is 5.82 Å². The maximum atomic E-state index is 5.80. The van der Waals surface area contributed by atoms with Crippen molar-refractivity contribution in [3.8, 4) is 34.4 Å². The molecule has 2 heterocycles. The summed E-state index contributed by atoms with van der Waals surface area (Å²) in [5.41, 5.74) is 1.69. The van der Waals surface area contributed by atoms with Gasteiger partial charge in [-0.05, 0) is 50.5 Å². The van der Waals surface area contributed by atoms with Crippen molar-refractivity contribution in [2.45, 2.75) is 26.2 Å². The van der Waals surface area contributed by atoms with Crippen LogP contribution in [0.15, 0.2) is 30.3 Å². The zero-order valence-electron chi connectivity index (χ0n) is 18.6. The van der Waals surface area contributed by atoms with Gasteiger partial charge in [-0.1, -0.05) is 0 Å². The molecule has 31 heavy (non-hydrogen) atoms. The van der Waals surface area contributed by atoms with E-state index in [9.17, 15) is 0 Å². The van der Waals surface area contributed by atoms with E-state index in [1.807, 2.05) is 37.3 Å². The number of anilines is 1. The highest BCUT2D eigenvalue weighted by molar-refractivity contribution is 5.93. The van der Waals surface area contributed by atoms with Gasteiger partial charge in [-0.3, -0.25) is 0 Å². The zero-order valence-corrected chi connectivity index (χ0v) is 18.6. The first-order valence-electron chi connectivity index (χ1n) is 10.7. The summed E-state index contributed by atoms with van der Waals surface area (Å²) in [4.78, 5) is 12.2. The maximum Gasteiger partial charge on any atom is 0.163 e. The molecule has 3 aromatic rings. The van der Waals surface area contributed by atoms with Gasteiger partial charge in [0, 0.05) is 30.1 Å². The quantitative estimate of drug-likeness (QED) is 0.545. The molecule has 0 atom stereocenters. The smallest absolute Gasteiger partial charge is 0.163 e. The standard InChI is InChI=1S/C24H29N3O4/c1-5-31-22-15-18-17(14-21(22)30-4)24(27-11-7-6-8-12-27)26-23(25-18)16-9-10-19(28-2)20(13-16)29-3/h9-10,13-15H,5-8,11-12H2,1-4H3. The largest absolute Gasteiger partial charge is 0.493 e.